The lowest BCUT2D eigenvalue weighted by Gasteiger charge is -2.15. The fraction of sp³-hybridized carbons (Fsp3) is 0.200. The molecule has 7 nitrogen and oxygen atoms in total. The van der Waals surface area contributed by atoms with Crippen LogP contribution in [-0.2, 0) is 22.7 Å². The van der Waals surface area contributed by atoms with E-state index in [1.165, 1.54) is 35.8 Å². The number of carbonyl (C=O) groups excluding carboxylic acids is 1. The summed E-state index contributed by atoms with van der Waals surface area (Å²) in [5.74, 6) is -0.626. The first-order chi connectivity index (χ1) is 13.5. The second kappa shape index (κ2) is 8.31. The molecule has 0 unspecified atom stereocenters. The molecular formula is C20H16FN3O4. The standard InChI is InChI=1S/C20H16FN3O4/c1-13(28-15-8-6-14(21)7-9-15)20(26)27-12-18-23-17-5-3-2-4-16(17)19(25)24(18)11-10-22/h2-9,13H,11-12H2,1H3/t13-/m0/s1. The van der Waals surface area contributed by atoms with Crippen molar-refractivity contribution in [2.45, 2.75) is 26.2 Å². The number of ether oxygens (including phenoxy) is 2. The van der Waals surface area contributed by atoms with Gasteiger partial charge in [-0.1, -0.05) is 12.1 Å². The number of esters is 1. The summed E-state index contributed by atoms with van der Waals surface area (Å²) in [6.45, 7) is 0.977. The molecule has 1 heterocycles. The van der Waals surface area contributed by atoms with E-state index in [0.29, 0.717) is 16.7 Å². The highest BCUT2D eigenvalue weighted by molar-refractivity contribution is 5.77. The zero-order valence-corrected chi connectivity index (χ0v) is 15.0. The number of benzene rings is 2. The Kier molecular flexibility index (Phi) is 5.65. The highest BCUT2D eigenvalue weighted by Gasteiger charge is 2.19. The summed E-state index contributed by atoms with van der Waals surface area (Å²) < 4.78 is 24.7. The van der Waals surface area contributed by atoms with Crippen molar-refractivity contribution in [3.05, 3.63) is 70.5 Å². The average molecular weight is 381 g/mol. The van der Waals surface area contributed by atoms with Crippen LogP contribution in [0, 0.1) is 17.1 Å². The Bertz CT molecular complexity index is 1100. The molecule has 2 aromatic carbocycles. The number of para-hydroxylation sites is 1. The van der Waals surface area contributed by atoms with Crippen LogP contribution in [-0.4, -0.2) is 21.6 Å². The molecule has 0 bridgehead atoms. The normalized spacial score (nSPS) is 11.6. The van der Waals surface area contributed by atoms with E-state index in [1.807, 2.05) is 6.07 Å². The van der Waals surface area contributed by atoms with E-state index in [-0.39, 0.29) is 24.5 Å². The number of aromatic nitrogens is 2. The molecule has 0 fully saturated rings. The number of hydrogen-bond donors (Lipinski definition) is 0. The van der Waals surface area contributed by atoms with Gasteiger partial charge < -0.3 is 9.47 Å². The van der Waals surface area contributed by atoms with Crippen molar-refractivity contribution >= 4 is 16.9 Å². The van der Waals surface area contributed by atoms with Gasteiger partial charge in [0, 0.05) is 0 Å². The lowest BCUT2D eigenvalue weighted by Crippen LogP contribution is -2.29. The molecule has 0 saturated carbocycles. The van der Waals surface area contributed by atoms with Crippen molar-refractivity contribution in [2.24, 2.45) is 0 Å². The third-order valence-corrected chi connectivity index (χ3v) is 3.97. The van der Waals surface area contributed by atoms with Crippen LogP contribution in [0.1, 0.15) is 12.7 Å². The van der Waals surface area contributed by atoms with Gasteiger partial charge in [-0.15, -0.1) is 0 Å². The van der Waals surface area contributed by atoms with Crippen molar-refractivity contribution < 1.29 is 18.7 Å². The maximum absolute atomic E-state index is 12.9. The highest BCUT2D eigenvalue weighted by atomic mass is 19.1. The van der Waals surface area contributed by atoms with E-state index in [0.717, 1.165) is 0 Å². The molecule has 0 aliphatic carbocycles. The van der Waals surface area contributed by atoms with E-state index in [9.17, 15) is 14.0 Å². The van der Waals surface area contributed by atoms with Crippen LogP contribution in [0.5, 0.6) is 5.75 Å². The lowest BCUT2D eigenvalue weighted by molar-refractivity contribution is -0.152. The zero-order valence-electron chi connectivity index (χ0n) is 15.0. The smallest absolute Gasteiger partial charge is 0.347 e. The summed E-state index contributed by atoms with van der Waals surface area (Å²) in [6.07, 6.45) is -0.956. The molecule has 0 radical (unpaired) electrons. The van der Waals surface area contributed by atoms with E-state index >= 15 is 0 Å². The van der Waals surface area contributed by atoms with Gasteiger partial charge in [-0.3, -0.25) is 9.36 Å². The molecule has 8 heteroatoms. The lowest BCUT2D eigenvalue weighted by atomic mass is 10.2. The molecule has 1 aromatic heterocycles. The topological polar surface area (TPSA) is 94.2 Å². The third kappa shape index (κ3) is 4.15. The van der Waals surface area contributed by atoms with E-state index in [1.54, 1.807) is 24.3 Å². The van der Waals surface area contributed by atoms with Gasteiger partial charge in [0.25, 0.3) is 5.56 Å². The fourth-order valence-electron chi connectivity index (χ4n) is 2.58. The third-order valence-electron chi connectivity index (χ3n) is 3.97. The number of fused-ring (bicyclic) bond motifs is 1. The zero-order chi connectivity index (χ0) is 20.1. The summed E-state index contributed by atoms with van der Waals surface area (Å²) in [4.78, 5) is 29.1. The first-order valence-electron chi connectivity index (χ1n) is 8.44. The number of rotatable bonds is 6. The quantitative estimate of drug-likeness (QED) is 0.609. The predicted molar refractivity (Wildman–Crippen MR) is 97.9 cm³/mol. The van der Waals surface area contributed by atoms with Crippen molar-refractivity contribution in [1.29, 1.82) is 5.26 Å². The maximum atomic E-state index is 12.9. The Morgan fingerprint density at radius 2 is 1.96 bits per heavy atom. The van der Waals surface area contributed by atoms with Crippen LogP contribution in [0.3, 0.4) is 0 Å². The van der Waals surface area contributed by atoms with Gasteiger partial charge in [0.2, 0.25) is 0 Å². The van der Waals surface area contributed by atoms with Crippen molar-refractivity contribution in [3.63, 3.8) is 0 Å². The van der Waals surface area contributed by atoms with Crippen molar-refractivity contribution in [2.75, 3.05) is 0 Å². The molecule has 0 spiro atoms. The average Bonchev–Trinajstić information content (AvgIpc) is 2.70. The van der Waals surface area contributed by atoms with Gasteiger partial charge in [0.05, 0.1) is 17.0 Å². The van der Waals surface area contributed by atoms with E-state index < -0.39 is 17.9 Å². The first-order valence-corrected chi connectivity index (χ1v) is 8.44. The second-order valence-electron chi connectivity index (χ2n) is 5.92. The Balaban J connectivity index is 1.76. The number of carbonyl (C=O) groups is 1. The molecular weight excluding hydrogens is 365 g/mol. The van der Waals surface area contributed by atoms with Crippen LogP contribution in [0.2, 0.25) is 0 Å². The van der Waals surface area contributed by atoms with Crippen LogP contribution in [0.4, 0.5) is 4.39 Å². The molecule has 0 amide bonds. The first kappa shape index (κ1) is 19.0. The van der Waals surface area contributed by atoms with E-state index in [2.05, 4.69) is 4.98 Å². The van der Waals surface area contributed by atoms with Crippen LogP contribution < -0.4 is 10.3 Å². The summed E-state index contributed by atoms with van der Waals surface area (Å²) in [7, 11) is 0. The Morgan fingerprint density at radius 1 is 1.25 bits per heavy atom. The molecule has 3 rings (SSSR count). The largest absolute Gasteiger partial charge is 0.479 e. The fourth-order valence-corrected chi connectivity index (χ4v) is 2.58. The Morgan fingerprint density at radius 3 is 2.68 bits per heavy atom. The van der Waals surface area contributed by atoms with Gasteiger partial charge in [-0.2, -0.15) is 5.26 Å². The molecule has 0 saturated heterocycles. The van der Waals surface area contributed by atoms with Crippen molar-refractivity contribution in [3.8, 4) is 11.8 Å². The van der Waals surface area contributed by atoms with Gasteiger partial charge in [0.15, 0.2) is 11.9 Å². The number of hydrogen-bond acceptors (Lipinski definition) is 6. The molecule has 3 aromatic rings. The van der Waals surface area contributed by atoms with Crippen LogP contribution in [0.15, 0.2) is 53.3 Å². The predicted octanol–water partition coefficient (Wildman–Crippen LogP) is 2.57. The van der Waals surface area contributed by atoms with Crippen molar-refractivity contribution in [1.82, 2.24) is 9.55 Å². The van der Waals surface area contributed by atoms with Gasteiger partial charge in [-0.25, -0.2) is 14.2 Å². The van der Waals surface area contributed by atoms with Gasteiger partial charge >= 0.3 is 5.97 Å². The molecule has 28 heavy (non-hydrogen) atoms. The number of nitrogens with zero attached hydrogens (tertiary/aromatic N) is 3. The number of halogens is 1. The molecule has 1 atom stereocenters. The summed E-state index contributed by atoms with van der Waals surface area (Å²) >= 11 is 0. The summed E-state index contributed by atoms with van der Waals surface area (Å²) in [5.41, 5.74) is 0.0668. The van der Waals surface area contributed by atoms with Gasteiger partial charge in [0.1, 0.15) is 24.7 Å². The summed E-state index contributed by atoms with van der Waals surface area (Å²) in [5, 5.41) is 9.37. The molecule has 0 aliphatic rings. The van der Waals surface area contributed by atoms with Crippen LogP contribution in [0.25, 0.3) is 10.9 Å². The highest BCUT2D eigenvalue weighted by Crippen LogP contribution is 2.14. The van der Waals surface area contributed by atoms with Gasteiger partial charge in [-0.05, 0) is 43.3 Å². The SMILES string of the molecule is C[C@H](Oc1ccc(F)cc1)C(=O)OCc1nc2ccccc2c(=O)n1CC#N. The minimum Gasteiger partial charge on any atom is -0.479 e. The molecule has 0 N–H and O–H groups in total. The second-order valence-corrected chi connectivity index (χ2v) is 5.92. The minimum absolute atomic E-state index is 0.160. The van der Waals surface area contributed by atoms with Crippen LogP contribution >= 0.6 is 0 Å². The monoisotopic (exact) mass is 381 g/mol. The Hall–Kier alpha value is -3.73. The molecule has 0 aliphatic heterocycles. The minimum atomic E-state index is -0.956. The summed E-state index contributed by atoms with van der Waals surface area (Å²) in [6, 6.07) is 13.9. The Labute approximate surface area is 159 Å². The maximum Gasteiger partial charge on any atom is 0.347 e. The van der Waals surface area contributed by atoms with E-state index in [4.69, 9.17) is 14.7 Å². The number of nitriles is 1. The molecule has 142 valence electrons.